The zero-order chi connectivity index (χ0) is 37.9. The molecule has 2 heterocycles. The predicted octanol–water partition coefficient (Wildman–Crippen LogP) is 7.95. The first kappa shape index (κ1) is 37.9. The summed E-state index contributed by atoms with van der Waals surface area (Å²) in [5, 5.41) is 19.9. The van der Waals surface area contributed by atoms with Gasteiger partial charge in [0.2, 0.25) is 0 Å². The Morgan fingerprint density at radius 1 is 0.943 bits per heavy atom. The van der Waals surface area contributed by atoms with E-state index in [1.54, 1.807) is 12.1 Å². The monoisotopic (exact) mass is 746 g/mol. The standard InChI is InChI=1S/C45H66N2O5S/c1-29(2)34-14-19-45(47(24-25-48)23-22-46-27-33-26-32(46)28-53(33,51)52)21-20-43(6)36(39(34)45)12-13-38-42(5)17-15-35(30-8-10-31(11-9-30)40(49)50)41(3,4)37(42)16-18-44(38,43)7/h8-11,15,32-34,36-39,48H,1,12-14,16-28H2,2-7H3,(H,49,50)/t32-,33+,34+,36-,37+,38-,39-,42+,43-,44-,45+/m1/s1. The normalized spacial score (nSPS) is 43.8. The molecule has 8 heteroatoms. The number of likely N-dealkylation sites (tertiary alicyclic amines) is 1. The molecule has 2 saturated heterocycles. The minimum absolute atomic E-state index is 0.0150. The Hall–Kier alpha value is -2.00. The lowest BCUT2D eigenvalue weighted by atomic mass is 9.33. The minimum atomic E-state index is -2.92. The number of aliphatic hydroxyl groups excluding tert-OH is 1. The van der Waals surface area contributed by atoms with Crippen LogP contribution in [0.1, 0.15) is 122 Å². The third kappa shape index (κ3) is 5.40. The molecule has 53 heavy (non-hydrogen) atoms. The lowest BCUT2D eigenvalue weighted by Crippen LogP contribution is -2.68. The lowest BCUT2D eigenvalue weighted by Gasteiger charge is -2.73. The van der Waals surface area contributed by atoms with Crippen LogP contribution in [0.25, 0.3) is 5.57 Å². The van der Waals surface area contributed by atoms with Gasteiger partial charge in [0.15, 0.2) is 9.84 Å². The zero-order valence-corrected chi connectivity index (χ0v) is 34.2. The van der Waals surface area contributed by atoms with Crippen molar-refractivity contribution >= 4 is 21.4 Å². The summed E-state index contributed by atoms with van der Waals surface area (Å²) in [6.45, 7) is 23.1. The molecule has 0 unspecified atom stereocenters. The highest BCUT2D eigenvalue weighted by molar-refractivity contribution is 7.92. The molecule has 2 N–H and O–H groups in total. The van der Waals surface area contributed by atoms with Crippen LogP contribution in [-0.2, 0) is 9.84 Å². The number of hydrogen-bond donors (Lipinski definition) is 2. The van der Waals surface area contributed by atoms with Gasteiger partial charge in [-0.05, 0) is 146 Å². The number of carboxylic acid groups (broad SMARTS) is 1. The zero-order valence-electron chi connectivity index (χ0n) is 33.4. The highest BCUT2D eigenvalue weighted by Gasteiger charge is 2.71. The van der Waals surface area contributed by atoms with E-state index in [0.717, 1.165) is 37.9 Å². The summed E-state index contributed by atoms with van der Waals surface area (Å²) >= 11 is 0. The number of aliphatic hydroxyl groups is 1. The fraction of sp³-hybridized carbons (Fsp3) is 0.756. The molecule has 4 saturated carbocycles. The summed E-state index contributed by atoms with van der Waals surface area (Å²) in [4.78, 5) is 16.7. The van der Waals surface area contributed by atoms with Gasteiger partial charge in [-0.1, -0.05) is 65.0 Å². The van der Waals surface area contributed by atoms with Gasteiger partial charge < -0.3 is 10.2 Å². The summed E-state index contributed by atoms with van der Waals surface area (Å²) in [5.41, 5.74) is 4.88. The molecular weight excluding hydrogens is 681 g/mol. The van der Waals surface area contributed by atoms with Crippen LogP contribution >= 0.6 is 0 Å². The Bertz CT molecular complexity index is 1790. The van der Waals surface area contributed by atoms with E-state index in [0.29, 0.717) is 54.0 Å². The first-order valence-corrected chi connectivity index (χ1v) is 22.7. The number of β-amino-alcohol motifs (C(OH)–C–C–N with tert-alkyl or cyclic N) is 1. The molecule has 0 aromatic heterocycles. The molecule has 8 rings (SSSR count). The number of benzene rings is 1. The molecule has 11 atom stereocenters. The molecule has 0 radical (unpaired) electrons. The summed E-state index contributed by atoms with van der Waals surface area (Å²) in [6, 6.07) is 7.73. The van der Waals surface area contributed by atoms with Crippen LogP contribution in [-0.4, -0.2) is 89.8 Å². The number of sulfone groups is 1. The SMILES string of the molecule is C=C(C)[C@@H]1CC[C@]2(N(CCO)CCN3C[C@@H]4C[C@@H]3CS4(=O)=O)CC[C@]3(C)[C@H](CC[C@@H]4[C@@]5(C)CC=C(c6ccc(C(=O)O)cc6)C(C)(C)[C@@H]5CC[C@]43C)[C@@H]12. The Morgan fingerprint density at radius 2 is 1.68 bits per heavy atom. The van der Waals surface area contributed by atoms with Gasteiger partial charge in [-0.3, -0.25) is 9.80 Å². The molecule has 2 bridgehead atoms. The Kier molecular flexibility index (Phi) is 9.12. The van der Waals surface area contributed by atoms with Gasteiger partial charge in [0.1, 0.15) is 0 Å². The number of fused-ring (bicyclic) bond motifs is 9. The van der Waals surface area contributed by atoms with Gasteiger partial charge in [0.25, 0.3) is 0 Å². The van der Waals surface area contributed by atoms with Crippen LogP contribution in [0.2, 0.25) is 0 Å². The second kappa shape index (κ2) is 12.8. The quantitative estimate of drug-likeness (QED) is 0.248. The maximum atomic E-state index is 12.5. The number of allylic oxidation sites excluding steroid dienone is 3. The molecule has 1 aromatic carbocycles. The number of carboxylic acids is 1. The molecule has 5 aliphatic carbocycles. The van der Waals surface area contributed by atoms with E-state index in [9.17, 15) is 23.4 Å². The van der Waals surface area contributed by atoms with Crippen molar-refractivity contribution in [2.24, 2.45) is 51.2 Å². The first-order valence-electron chi connectivity index (χ1n) is 20.9. The fourth-order valence-corrected chi connectivity index (χ4v) is 17.6. The largest absolute Gasteiger partial charge is 0.478 e. The van der Waals surface area contributed by atoms with Gasteiger partial charge in [-0.25, -0.2) is 13.2 Å². The average molecular weight is 747 g/mol. The van der Waals surface area contributed by atoms with Gasteiger partial charge >= 0.3 is 5.97 Å². The van der Waals surface area contributed by atoms with Crippen LogP contribution in [0.5, 0.6) is 0 Å². The summed E-state index contributed by atoms with van der Waals surface area (Å²) < 4.78 is 25.1. The van der Waals surface area contributed by atoms with Crippen molar-refractivity contribution in [3.8, 4) is 0 Å². The maximum absolute atomic E-state index is 12.5. The third-order valence-electron chi connectivity index (χ3n) is 18.1. The van der Waals surface area contributed by atoms with E-state index >= 15 is 0 Å². The second-order valence-electron chi connectivity index (χ2n) is 20.3. The second-order valence-corrected chi connectivity index (χ2v) is 22.6. The smallest absolute Gasteiger partial charge is 0.335 e. The van der Waals surface area contributed by atoms with Crippen molar-refractivity contribution < 1.29 is 23.4 Å². The first-order chi connectivity index (χ1) is 24.9. The van der Waals surface area contributed by atoms with Crippen LogP contribution in [0.15, 0.2) is 42.5 Å². The molecule has 2 aliphatic heterocycles. The van der Waals surface area contributed by atoms with E-state index in [1.807, 2.05) is 12.1 Å². The van der Waals surface area contributed by atoms with E-state index in [1.165, 1.54) is 56.1 Å². The van der Waals surface area contributed by atoms with E-state index in [2.05, 4.69) is 64.0 Å². The van der Waals surface area contributed by atoms with Gasteiger partial charge in [-0.15, -0.1) is 0 Å². The Balaban J connectivity index is 1.09. The van der Waals surface area contributed by atoms with Crippen LogP contribution in [0.3, 0.4) is 0 Å². The number of aromatic carboxylic acids is 1. The summed E-state index contributed by atoms with van der Waals surface area (Å²) in [6.07, 6.45) is 14.1. The molecule has 0 spiro atoms. The summed E-state index contributed by atoms with van der Waals surface area (Å²) in [5.74, 6) is 2.25. The number of rotatable bonds is 9. The predicted molar refractivity (Wildman–Crippen MR) is 212 cm³/mol. The average Bonchev–Trinajstić information content (AvgIpc) is 3.77. The molecule has 7 nitrogen and oxygen atoms in total. The minimum Gasteiger partial charge on any atom is -0.478 e. The molecule has 292 valence electrons. The van der Waals surface area contributed by atoms with Gasteiger partial charge in [0.05, 0.1) is 23.2 Å². The van der Waals surface area contributed by atoms with Crippen molar-refractivity contribution in [2.75, 3.05) is 38.5 Å². The van der Waals surface area contributed by atoms with Crippen LogP contribution in [0, 0.1) is 51.2 Å². The number of nitrogens with zero attached hydrogens (tertiary/aromatic N) is 2. The highest BCUT2D eigenvalue weighted by atomic mass is 32.2. The molecule has 7 aliphatic rings. The topological polar surface area (TPSA) is 98.2 Å². The van der Waals surface area contributed by atoms with Crippen molar-refractivity contribution in [3.63, 3.8) is 0 Å². The molecular formula is C45H66N2O5S. The third-order valence-corrected chi connectivity index (χ3v) is 20.3. The van der Waals surface area contributed by atoms with Crippen LogP contribution in [0.4, 0.5) is 0 Å². The highest BCUT2D eigenvalue weighted by Crippen LogP contribution is 2.77. The van der Waals surface area contributed by atoms with Crippen molar-refractivity contribution in [3.05, 3.63) is 53.6 Å². The van der Waals surface area contributed by atoms with Crippen LogP contribution < -0.4 is 0 Å². The molecule has 6 fully saturated rings. The lowest BCUT2D eigenvalue weighted by molar-refractivity contribution is -0.228. The Labute approximate surface area is 319 Å². The molecule has 0 amide bonds. The van der Waals surface area contributed by atoms with E-state index in [-0.39, 0.29) is 45.1 Å². The Morgan fingerprint density at radius 3 is 2.30 bits per heavy atom. The maximum Gasteiger partial charge on any atom is 0.335 e. The van der Waals surface area contributed by atoms with E-state index < -0.39 is 15.8 Å². The fourth-order valence-electron chi connectivity index (χ4n) is 15.5. The number of hydrogen-bond acceptors (Lipinski definition) is 6. The van der Waals surface area contributed by atoms with Crippen molar-refractivity contribution in [1.29, 1.82) is 0 Å². The van der Waals surface area contributed by atoms with E-state index in [4.69, 9.17) is 0 Å². The molecule has 1 aromatic rings. The van der Waals surface area contributed by atoms with Gasteiger partial charge in [0, 0.05) is 37.8 Å². The van der Waals surface area contributed by atoms with Crippen molar-refractivity contribution in [1.82, 2.24) is 9.80 Å². The number of carbonyl (C=O) groups is 1. The van der Waals surface area contributed by atoms with Gasteiger partial charge in [-0.2, -0.15) is 0 Å². The summed E-state index contributed by atoms with van der Waals surface area (Å²) in [7, 11) is -2.92. The van der Waals surface area contributed by atoms with Crippen molar-refractivity contribution in [2.45, 2.75) is 123 Å².